The zero-order chi connectivity index (χ0) is 17.9. The van der Waals surface area contributed by atoms with Crippen LogP contribution < -0.4 is 9.41 Å². The van der Waals surface area contributed by atoms with Gasteiger partial charge in [0, 0.05) is 22.3 Å². The van der Waals surface area contributed by atoms with E-state index < -0.39 is 0 Å². The minimum atomic E-state index is -0.373. The molecule has 1 aromatic heterocycles. The Morgan fingerprint density at radius 3 is 2.75 bits per heavy atom. The highest BCUT2D eigenvalue weighted by atomic mass is 35.5. The first-order chi connectivity index (χ1) is 11.3. The first-order valence-corrected chi connectivity index (χ1v) is 8.67. The number of hydrogen-bond donors (Lipinski definition) is 0. The molecule has 0 aliphatic rings. The molecule has 0 N–H and O–H groups in total. The third-order valence-electron chi connectivity index (χ3n) is 3.35. The molecule has 0 bridgehead atoms. The molecule has 1 heterocycles. The van der Waals surface area contributed by atoms with Crippen LogP contribution in [-0.2, 0) is 12.0 Å². The van der Waals surface area contributed by atoms with Crippen molar-refractivity contribution in [3.63, 3.8) is 0 Å². The lowest BCUT2D eigenvalue weighted by Crippen LogP contribution is -2.18. The van der Waals surface area contributed by atoms with Gasteiger partial charge in [-0.2, -0.15) is 4.99 Å². The van der Waals surface area contributed by atoms with Gasteiger partial charge in [0.1, 0.15) is 10.4 Å². The SMILES string of the molecule is C=CCc1cn(C(C)(C)C)sc1=NC(=O)c1cc(Cl)ccc1OC. The van der Waals surface area contributed by atoms with Crippen LogP contribution in [0.1, 0.15) is 36.7 Å². The van der Waals surface area contributed by atoms with Gasteiger partial charge in [0.05, 0.1) is 12.7 Å². The van der Waals surface area contributed by atoms with E-state index in [2.05, 4.69) is 36.3 Å². The van der Waals surface area contributed by atoms with Crippen LogP contribution in [0.4, 0.5) is 0 Å². The second kappa shape index (κ2) is 7.36. The molecule has 0 unspecified atom stereocenters. The van der Waals surface area contributed by atoms with E-state index in [1.54, 1.807) is 24.3 Å². The molecule has 0 radical (unpaired) electrons. The standard InChI is InChI=1S/C18H21ClN2O2S/c1-6-7-12-11-21(18(2,3)4)24-17(12)20-16(22)14-10-13(19)8-9-15(14)23-5/h6,8-11H,1,7H2,2-5H3. The highest BCUT2D eigenvalue weighted by molar-refractivity contribution is 7.04. The number of allylic oxidation sites excluding steroid dienone is 1. The van der Waals surface area contributed by atoms with Crippen LogP contribution in [0.5, 0.6) is 5.75 Å². The number of halogens is 1. The van der Waals surface area contributed by atoms with Crippen molar-refractivity contribution < 1.29 is 9.53 Å². The van der Waals surface area contributed by atoms with Crippen molar-refractivity contribution in [3.8, 4) is 5.75 Å². The fourth-order valence-electron chi connectivity index (χ4n) is 2.09. The van der Waals surface area contributed by atoms with Gasteiger partial charge in [-0.25, -0.2) is 0 Å². The Balaban J connectivity index is 2.54. The van der Waals surface area contributed by atoms with Gasteiger partial charge < -0.3 is 4.74 Å². The summed E-state index contributed by atoms with van der Waals surface area (Å²) in [5.41, 5.74) is 1.25. The van der Waals surface area contributed by atoms with Gasteiger partial charge in [0.25, 0.3) is 5.91 Å². The summed E-state index contributed by atoms with van der Waals surface area (Å²) < 4.78 is 8.01. The monoisotopic (exact) mass is 364 g/mol. The van der Waals surface area contributed by atoms with Gasteiger partial charge in [-0.3, -0.25) is 8.75 Å². The van der Waals surface area contributed by atoms with Crippen LogP contribution >= 0.6 is 23.1 Å². The highest BCUT2D eigenvalue weighted by Crippen LogP contribution is 2.23. The summed E-state index contributed by atoms with van der Waals surface area (Å²) in [5, 5.41) is 0.469. The van der Waals surface area contributed by atoms with Crippen molar-refractivity contribution >= 4 is 29.0 Å². The summed E-state index contributed by atoms with van der Waals surface area (Å²) in [4.78, 5) is 16.9. The number of rotatable bonds is 4. The molecule has 0 aliphatic heterocycles. The summed E-state index contributed by atoms with van der Waals surface area (Å²) >= 11 is 7.46. The van der Waals surface area contributed by atoms with E-state index in [1.807, 2.05) is 6.20 Å². The molecule has 0 atom stereocenters. The van der Waals surface area contributed by atoms with Gasteiger partial charge in [-0.1, -0.05) is 17.7 Å². The Labute approximate surface area is 151 Å². The Morgan fingerprint density at radius 1 is 1.46 bits per heavy atom. The van der Waals surface area contributed by atoms with Gasteiger partial charge >= 0.3 is 0 Å². The molecule has 0 aliphatic carbocycles. The number of carbonyl (C=O) groups excluding carboxylic acids is 1. The summed E-state index contributed by atoms with van der Waals surface area (Å²) in [6.07, 6.45) is 4.48. The molecule has 2 rings (SSSR count). The molecule has 6 heteroatoms. The van der Waals surface area contributed by atoms with Crippen molar-refractivity contribution in [2.45, 2.75) is 32.7 Å². The second-order valence-corrected chi connectivity index (χ2v) is 7.70. The van der Waals surface area contributed by atoms with E-state index in [0.717, 1.165) is 5.56 Å². The van der Waals surface area contributed by atoms with Crippen LogP contribution in [0.2, 0.25) is 5.02 Å². The molecular formula is C18H21ClN2O2S. The van der Waals surface area contributed by atoms with Crippen molar-refractivity contribution in [1.29, 1.82) is 0 Å². The van der Waals surface area contributed by atoms with Crippen molar-refractivity contribution in [2.75, 3.05) is 7.11 Å². The van der Waals surface area contributed by atoms with E-state index in [-0.39, 0.29) is 11.4 Å². The predicted molar refractivity (Wildman–Crippen MR) is 99.1 cm³/mol. The van der Waals surface area contributed by atoms with E-state index in [1.165, 1.54) is 18.6 Å². The smallest absolute Gasteiger partial charge is 0.282 e. The Morgan fingerprint density at radius 2 is 2.17 bits per heavy atom. The maximum atomic E-state index is 12.6. The minimum Gasteiger partial charge on any atom is -0.496 e. The Bertz CT molecular complexity index is 828. The lowest BCUT2D eigenvalue weighted by molar-refractivity contribution is 0.0996. The molecule has 24 heavy (non-hydrogen) atoms. The van der Waals surface area contributed by atoms with Crippen LogP contribution in [0.15, 0.2) is 42.0 Å². The fraction of sp³-hybridized carbons (Fsp3) is 0.333. The number of hydrogen-bond acceptors (Lipinski definition) is 3. The van der Waals surface area contributed by atoms with Gasteiger partial charge in [-0.05, 0) is 56.9 Å². The Kier molecular flexibility index (Phi) is 5.67. The van der Waals surface area contributed by atoms with E-state index in [4.69, 9.17) is 16.3 Å². The first kappa shape index (κ1) is 18.5. The number of methoxy groups -OCH3 is 1. The molecule has 0 spiro atoms. The van der Waals surface area contributed by atoms with Crippen molar-refractivity contribution in [1.82, 2.24) is 3.96 Å². The molecule has 0 fully saturated rings. The highest BCUT2D eigenvalue weighted by Gasteiger charge is 2.17. The zero-order valence-electron chi connectivity index (χ0n) is 14.3. The molecule has 4 nitrogen and oxygen atoms in total. The average molecular weight is 365 g/mol. The second-order valence-electron chi connectivity index (χ2n) is 6.30. The number of nitrogens with zero attached hydrogens (tertiary/aromatic N) is 2. The van der Waals surface area contributed by atoms with Crippen molar-refractivity contribution in [2.24, 2.45) is 4.99 Å². The summed E-state index contributed by atoms with van der Waals surface area (Å²) in [5.74, 6) is 0.0845. The minimum absolute atomic E-state index is 0.0782. The fourth-order valence-corrected chi connectivity index (χ4v) is 3.28. The zero-order valence-corrected chi connectivity index (χ0v) is 15.9. The summed E-state index contributed by atoms with van der Waals surface area (Å²) in [6, 6.07) is 4.92. The molecule has 1 aromatic carbocycles. The molecular weight excluding hydrogens is 344 g/mol. The molecule has 1 amide bonds. The average Bonchev–Trinajstić information content (AvgIpc) is 2.90. The van der Waals surface area contributed by atoms with E-state index >= 15 is 0 Å². The maximum absolute atomic E-state index is 12.6. The lowest BCUT2D eigenvalue weighted by Gasteiger charge is -2.19. The summed E-state index contributed by atoms with van der Waals surface area (Å²) in [7, 11) is 1.52. The van der Waals surface area contributed by atoms with Crippen molar-refractivity contribution in [3.05, 3.63) is 57.9 Å². The van der Waals surface area contributed by atoms with Gasteiger partial charge in [0.2, 0.25) is 0 Å². The summed E-state index contributed by atoms with van der Waals surface area (Å²) in [6.45, 7) is 10.1. The molecule has 2 aromatic rings. The molecule has 0 saturated heterocycles. The third-order valence-corrected chi connectivity index (χ3v) is 4.96. The van der Waals surface area contributed by atoms with Crippen LogP contribution in [0.3, 0.4) is 0 Å². The number of aromatic nitrogens is 1. The quantitative estimate of drug-likeness (QED) is 0.753. The number of amides is 1. The molecule has 0 saturated carbocycles. The topological polar surface area (TPSA) is 43.6 Å². The number of benzene rings is 1. The van der Waals surface area contributed by atoms with Crippen LogP contribution in [0.25, 0.3) is 0 Å². The van der Waals surface area contributed by atoms with E-state index in [0.29, 0.717) is 27.4 Å². The van der Waals surface area contributed by atoms with Gasteiger partial charge in [-0.15, -0.1) is 6.58 Å². The molecule has 128 valence electrons. The maximum Gasteiger partial charge on any atom is 0.282 e. The third kappa shape index (κ3) is 4.16. The number of ether oxygens (including phenoxy) is 1. The van der Waals surface area contributed by atoms with Gasteiger partial charge in [0.15, 0.2) is 0 Å². The van der Waals surface area contributed by atoms with Crippen LogP contribution in [0, 0.1) is 0 Å². The predicted octanol–water partition coefficient (Wildman–Crippen LogP) is 4.44. The largest absolute Gasteiger partial charge is 0.496 e. The van der Waals surface area contributed by atoms with E-state index in [9.17, 15) is 4.79 Å². The Hall–Kier alpha value is -1.85. The van der Waals surface area contributed by atoms with Crippen LogP contribution in [-0.4, -0.2) is 17.0 Å². The first-order valence-electron chi connectivity index (χ1n) is 7.52. The lowest BCUT2D eigenvalue weighted by atomic mass is 10.1. The number of carbonyl (C=O) groups is 1. The normalized spacial score (nSPS) is 12.3.